The van der Waals surface area contributed by atoms with Crippen LogP contribution in [0.5, 0.6) is 0 Å². The first-order chi connectivity index (χ1) is 27.2. The van der Waals surface area contributed by atoms with E-state index >= 15 is 0 Å². The molecule has 1 nitrogen and oxygen atoms in total. The van der Waals surface area contributed by atoms with Crippen LogP contribution >= 0.6 is 0 Å². The summed E-state index contributed by atoms with van der Waals surface area (Å²) >= 11 is 0. The van der Waals surface area contributed by atoms with Crippen molar-refractivity contribution in [3.8, 4) is 44.5 Å². The molecule has 0 saturated heterocycles. The molecule has 0 saturated carbocycles. The van der Waals surface area contributed by atoms with Crippen molar-refractivity contribution in [1.29, 1.82) is 0 Å². The van der Waals surface area contributed by atoms with Crippen LogP contribution in [-0.2, 0) is 0 Å². The fourth-order valence-electron chi connectivity index (χ4n) is 8.01. The van der Waals surface area contributed by atoms with Gasteiger partial charge in [0.1, 0.15) is 0 Å². The van der Waals surface area contributed by atoms with Gasteiger partial charge in [0, 0.05) is 17.1 Å². The maximum atomic E-state index is 2.33. The lowest BCUT2D eigenvalue weighted by Gasteiger charge is -2.26. The van der Waals surface area contributed by atoms with Gasteiger partial charge in [-0.05, 0) is 119 Å². The van der Waals surface area contributed by atoms with Crippen molar-refractivity contribution in [1.82, 2.24) is 0 Å². The minimum Gasteiger partial charge on any atom is -0.310 e. The number of rotatable bonds is 7. The van der Waals surface area contributed by atoms with Crippen LogP contribution in [0.1, 0.15) is 0 Å². The first-order valence-electron chi connectivity index (χ1n) is 18.9. The second kappa shape index (κ2) is 14.0. The Morgan fingerprint density at radius 1 is 0.218 bits per heavy atom. The van der Waals surface area contributed by atoms with E-state index in [2.05, 4.69) is 229 Å². The molecule has 0 amide bonds. The predicted octanol–water partition coefficient (Wildman–Crippen LogP) is 15.3. The van der Waals surface area contributed by atoms with E-state index in [-0.39, 0.29) is 0 Å². The van der Waals surface area contributed by atoms with E-state index in [0.717, 1.165) is 17.1 Å². The van der Waals surface area contributed by atoms with Gasteiger partial charge < -0.3 is 4.90 Å². The third kappa shape index (κ3) is 6.22. The zero-order chi connectivity index (χ0) is 36.6. The molecular formula is C54H37N. The number of hydrogen-bond donors (Lipinski definition) is 0. The van der Waals surface area contributed by atoms with Gasteiger partial charge >= 0.3 is 0 Å². The molecule has 0 radical (unpaired) electrons. The summed E-state index contributed by atoms with van der Waals surface area (Å²) in [4.78, 5) is 2.33. The topological polar surface area (TPSA) is 3.24 Å². The molecule has 0 aromatic heterocycles. The molecule has 0 N–H and O–H groups in total. The highest BCUT2D eigenvalue weighted by Gasteiger charge is 2.14. The molecule has 0 heterocycles. The molecule has 10 rings (SSSR count). The highest BCUT2D eigenvalue weighted by atomic mass is 15.1. The zero-order valence-electron chi connectivity index (χ0n) is 30.3. The molecule has 0 unspecified atom stereocenters. The molecule has 0 aliphatic rings. The van der Waals surface area contributed by atoms with Gasteiger partial charge in [-0.25, -0.2) is 0 Å². The summed E-state index contributed by atoms with van der Waals surface area (Å²) in [7, 11) is 0. The highest BCUT2D eigenvalue weighted by Crippen LogP contribution is 2.39. The lowest BCUT2D eigenvalue weighted by molar-refractivity contribution is 1.28. The number of benzene rings is 10. The zero-order valence-corrected chi connectivity index (χ0v) is 30.3. The quantitative estimate of drug-likeness (QED) is 0.150. The van der Waals surface area contributed by atoms with Crippen LogP contribution in [-0.4, -0.2) is 0 Å². The lowest BCUT2D eigenvalue weighted by Crippen LogP contribution is -2.09. The van der Waals surface area contributed by atoms with Crippen molar-refractivity contribution in [2.45, 2.75) is 0 Å². The number of para-hydroxylation sites is 1. The van der Waals surface area contributed by atoms with Gasteiger partial charge in [-0.15, -0.1) is 0 Å². The fraction of sp³-hybridized carbons (Fsp3) is 0. The van der Waals surface area contributed by atoms with E-state index in [1.165, 1.54) is 76.8 Å². The van der Waals surface area contributed by atoms with E-state index in [9.17, 15) is 0 Å². The average Bonchev–Trinajstić information content (AvgIpc) is 3.27. The number of anilines is 3. The molecule has 55 heavy (non-hydrogen) atoms. The Balaban J connectivity index is 0.933. The third-order valence-corrected chi connectivity index (χ3v) is 10.8. The summed E-state index contributed by atoms with van der Waals surface area (Å²) in [6.45, 7) is 0. The molecule has 0 atom stereocenters. The van der Waals surface area contributed by atoms with Crippen LogP contribution in [0, 0.1) is 0 Å². The van der Waals surface area contributed by atoms with Crippen molar-refractivity contribution >= 4 is 49.4 Å². The van der Waals surface area contributed by atoms with Crippen molar-refractivity contribution in [3.63, 3.8) is 0 Å². The molecule has 0 fully saturated rings. The van der Waals surface area contributed by atoms with Crippen molar-refractivity contribution < 1.29 is 0 Å². The van der Waals surface area contributed by atoms with E-state index in [0.29, 0.717) is 0 Å². The SMILES string of the molecule is c1ccc(-c2ccc(-c3cccc(N(c4ccccc4)c4ccc(-c5ccc(-c6ccc7c(ccc8ccc9ccccc9c87)c6)cc5)cc4)c3)cc2)cc1. The summed E-state index contributed by atoms with van der Waals surface area (Å²) in [5.74, 6) is 0. The first-order valence-corrected chi connectivity index (χ1v) is 18.9. The predicted molar refractivity (Wildman–Crippen MR) is 235 cm³/mol. The molecule has 1 heteroatoms. The van der Waals surface area contributed by atoms with E-state index in [1.807, 2.05) is 0 Å². The Hall–Kier alpha value is -7.22. The van der Waals surface area contributed by atoms with Crippen molar-refractivity contribution in [2.75, 3.05) is 4.90 Å². The Kier molecular flexibility index (Phi) is 8.24. The van der Waals surface area contributed by atoms with E-state index < -0.39 is 0 Å². The van der Waals surface area contributed by atoms with Crippen LogP contribution < -0.4 is 4.90 Å². The molecule has 10 aromatic carbocycles. The van der Waals surface area contributed by atoms with E-state index in [1.54, 1.807) is 0 Å². The second-order valence-corrected chi connectivity index (χ2v) is 14.2. The summed E-state index contributed by atoms with van der Waals surface area (Å²) in [6, 6.07) is 81.3. The van der Waals surface area contributed by atoms with Crippen LogP contribution in [0.4, 0.5) is 17.1 Å². The standard InChI is InChI=1S/C54H37N/c1-3-10-38(11-4-1)39-18-22-42(23-19-39)46-13-9-16-51(37-46)55(49-14-5-2-6-15-49)50-33-30-41(31-34-50)40-20-24-43(25-21-40)47-32-35-53-48(36-47)29-28-45-27-26-44-12-7-8-17-52(44)54(45)53/h1-37H. The minimum atomic E-state index is 1.11. The normalized spacial score (nSPS) is 11.3. The highest BCUT2D eigenvalue weighted by molar-refractivity contribution is 6.20. The lowest BCUT2D eigenvalue weighted by atomic mass is 9.94. The molecule has 0 bridgehead atoms. The summed E-state index contributed by atoms with van der Waals surface area (Å²) in [5, 5.41) is 7.74. The summed E-state index contributed by atoms with van der Waals surface area (Å²) in [5.41, 5.74) is 13.0. The fourth-order valence-corrected chi connectivity index (χ4v) is 8.01. The Morgan fingerprint density at radius 3 is 1.31 bits per heavy atom. The van der Waals surface area contributed by atoms with Crippen molar-refractivity contribution in [2.24, 2.45) is 0 Å². The van der Waals surface area contributed by atoms with Gasteiger partial charge in [0.15, 0.2) is 0 Å². The van der Waals surface area contributed by atoms with Gasteiger partial charge in [-0.3, -0.25) is 0 Å². The maximum absolute atomic E-state index is 2.33. The second-order valence-electron chi connectivity index (χ2n) is 14.2. The van der Waals surface area contributed by atoms with Crippen molar-refractivity contribution in [3.05, 3.63) is 224 Å². The van der Waals surface area contributed by atoms with Gasteiger partial charge in [0.25, 0.3) is 0 Å². The summed E-state index contributed by atoms with van der Waals surface area (Å²) in [6.07, 6.45) is 0. The van der Waals surface area contributed by atoms with E-state index in [4.69, 9.17) is 0 Å². The third-order valence-electron chi connectivity index (χ3n) is 10.8. The van der Waals surface area contributed by atoms with Gasteiger partial charge in [0.05, 0.1) is 0 Å². The molecule has 258 valence electrons. The summed E-state index contributed by atoms with van der Waals surface area (Å²) < 4.78 is 0. The molecular weight excluding hydrogens is 663 g/mol. The van der Waals surface area contributed by atoms with Crippen LogP contribution in [0.15, 0.2) is 224 Å². The van der Waals surface area contributed by atoms with Crippen LogP contribution in [0.2, 0.25) is 0 Å². The Bertz CT molecular complexity index is 2930. The Morgan fingerprint density at radius 2 is 0.636 bits per heavy atom. The van der Waals surface area contributed by atoms with Gasteiger partial charge in [-0.1, -0.05) is 182 Å². The number of nitrogens with zero attached hydrogens (tertiary/aromatic N) is 1. The number of fused-ring (bicyclic) bond motifs is 5. The molecule has 0 spiro atoms. The van der Waals surface area contributed by atoms with Gasteiger partial charge in [-0.2, -0.15) is 0 Å². The van der Waals surface area contributed by atoms with Crippen LogP contribution in [0.3, 0.4) is 0 Å². The molecule has 0 aliphatic carbocycles. The smallest absolute Gasteiger partial charge is 0.0467 e. The molecule has 10 aromatic rings. The largest absolute Gasteiger partial charge is 0.310 e. The minimum absolute atomic E-state index is 1.11. The Labute approximate surface area is 322 Å². The maximum Gasteiger partial charge on any atom is 0.0467 e. The van der Waals surface area contributed by atoms with Gasteiger partial charge in [0.2, 0.25) is 0 Å². The average molecular weight is 700 g/mol. The number of hydrogen-bond acceptors (Lipinski definition) is 1. The monoisotopic (exact) mass is 699 g/mol. The van der Waals surface area contributed by atoms with Crippen LogP contribution in [0.25, 0.3) is 76.8 Å². The first kappa shape index (κ1) is 32.4. The molecule has 0 aliphatic heterocycles.